The van der Waals surface area contributed by atoms with E-state index in [0.29, 0.717) is 11.1 Å². The van der Waals surface area contributed by atoms with Gasteiger partial charge in [0.25, 0.3) is 5.91 Å². The Morgan fingerprint density at radius 3 is 1.90 bits per heavy atom. The van der Waals surface area contributed by atoms with Gasteiger partial charge in [0.1, 0.15) is 17.3 Å². The van der Waals surface area contributed by atoms with Gasteiger partial charge in [0.05, 0.1) is 5.56 Å². The summed E-state index contributed by atoms with van der Waals surface area (Å²) in [6.07, 6.45) is -1.30. The third-order valence-electron chi connectivity index (χ3n) is 4.28. The predicted octanol–water partition coefficient (Wildman–Crippen LogP) is 4.38. The van der Waals surface area contributed by atoms with Crippen LogP contribution in [0.5, 0.6) is 0 Å². The maximum Gasteiger partial charge on any atom is 0.338 e. The van der Waals surface area contributed by atoms with Crippen molar-refractivity contribution in [3.05, 3.63) is 101 Å². The normalized spacial score (nSPS) is 11.4. The van der Waals surface area contributed by atoms with Gasteiger partial charge in [-0.3, -0.25) is 9.59 Å². The first-order valence-corrected chi connectivity index (χ1v) is 9.02. The number of benzene rings is 3. The molecule has 0 saturated carbocycles. The van der Waals surface area contributed by atoms with Crippen molar-refractivity contribution in [2.24, 2.45) is 0 Å². The highest BCUT2D eigenvalue weighted by Gasteiger charge is 2.22. The number of hydrogen-bond acceptors (Lipinski definition) is 4. The van der Waals surface area contributed by atoms with Gasteiger partial charge in [-0.15, -0.1) is 0 Å². The highest BCUT2D eigenvalue weighted by atomic mass is 19.1. The van der Waals surface area contributed by atoms with Crippen molar-refractivity contribution in [3.63, 3.8) is 0 Å². The second kappa shape index (κ2) is 9.09. The van der Waals surface area contributed by atoms with Crippen LogP contribution >= 0.6 is 0 Å². The van der Waals surface area contributed by atoms with Crippen molar-refractivity contribution in [2.75, 3.05) is 5.32 Å². The molecule has 3 aromatic rings. The molecule has 1 N–H and O–H groups in total. The standard InChI is InChI=1S/C23H17F2NO4/c1-14(22(28)26-20-18(24)8-5-9-19(20)25)30-23(29)17-12-10-16(11-13-17)21(27)15-6-3-2-4-7-15/h2-14H,1H3,(H,26,28)/t14-/m0/s1. The van der Waals surface area contributed by atoms with E-state index in [0.717, 1.165) is 18.2 Å². The Balaban J connectivity index is 1.64. The Hall–Kier alpha value is -3.87. The predicted molar refractivity (Wildman–Crippen MR) is 106 cm³/mol. The summed E-state index contributed by atoms with van der Waals surface area (Å²) < 4.78 is 32.3. The van der Waals surface area contributed by atoms with Crippen molar-refractivity contribution in [3.8, 4) is 0 Å². The van der Waals surface area contributed by atoms with E-state index >= 15 is 0 Å². The molecule has 0 heterocycles. The third-order valence-corrected chi connectivity index (χ3v) is 4.28. The lowest BCUT2D eigenvalue weighted by Gasteiger charge is -2.14. The number of rotatable bonds is 6. The number of halogens is 2. The Labute approximate surface area is 171 Å². The van der Waals surface area contributed by atoms with E-state index in [1.165, 1.54) is 31.2 Å². The van der Waals surface area contributed by atoms with Crippen LogP contribution in [0.4, 0.5) is 14.5 Å². The van der Waals surface area contributed by atoms with Crippen molar-refractivity contribution < 1.29 is 27.9 Å². The van der Waals surface area contributed by atoms with E-state index in [1.54, 1.807) is 30.3 Å². The summed E-state index contributed by atoms with van der Waals surface area (Å²) in [6, 6.07) is 17.6. The fourth-order valence-corrected chi connectivity index (χ4v) is 2.64. The number of carbonyl (C=O) groups is 3. The van der Waals surface area contributed by atoms with Gasteiger partial charge in [-0.05, 0) is 31.2 Å². The van der Waals surface area contributed by atoms with E-state index in [9.17, 15) is 23.2 Å². The fraction of sp³-hybridized carbons (Fsp3) is 0.0870. The molecule has 3 aromatic carbocycles. The average molecular weight is 409 g/mol. The molecule has 0 unspecified atom stereocenters. The summed E-state index contributed by atoms with van der Waals surface area (Å²) in [5, 5.41) is 2.07. The van der Waals surface area contributed by atoms with E-state index < -0.39 is 35.3 Å². The molecule has 0 radical (unpaired) electrons. The van der Waals surface area contributed by atoms with Crippen molar-refractivity contribution in [1.82, 2.24) is 0 Å². The SMILES string of the molecule is C[C@H](OC(=O)c1ccc(C(=O)c2ccccc2)cc1)C(=O)Nc1c(F)cccc1F. The van der Waals surface area contributed by atoms with Crippen LogP contribution < -0.4 is 5.32 Å². The van der Waals surface area contributed by atoms with Gasteiger partial charge in [0, 0.05) is 11.1 Å². The Kier molecular flexibility index (Phi) is 6.32. The molecule has 3 rings (SSSR count). The zero-order valence-corrected chi connectivity index (χ0v) is 15.9. The first-order chi connectivity index (χ1) is 14.4. The molecule has 0 aliphatic rings. The number of nitrogens with one attached hydrogen (secondary N) is 1. The summed E-state index contributed by atoms with van der Waals surface area (Å²) in [5.41, 5.74) is 0.405. The monoisotopic (exact) mass is 409 g/mol. The topological polar surface area (TPSA) is 72.5 Å². The first-order valence-electron chi connectivity index (χ1n) is 9.02. The molecule has 0 aromatic heterocycles. The maximum absolute atomic E-state index is 13.6. The highest BCUT2D eigenvalue weighted by molar-refractivity contribution is 6.09. The quantitative estimate of drug-likeness (QED) is 0.484. The van der Waals surface area contributed by atoms with Crippen LogP contribution in [-0.4, -0.2) is 23.8 Å². The molecule has 1 atom stereocenters. The van der Waals surface area contributed by atoms with Crippen LogP contribution in [0.2, 0.25) is 0 Å². The molecule has 5 nitrogen and oxygen atoms in total. The van der Waals surface area contributed by atoms with Gasteiger partial charge >= 0.3 is 5.97 Å². The fourth-order valence-electron chi connectivity index (χ4n) is 2.64. The third kappa shape index (κ3) is 4.75. The molecule has 0 bridgehead atoms. The second-order valence-corrected chi connectivity index (χ2v) is 6.41. The van der Waals surface area contributed by atoms with Crippen LogP contribution in [0.3, 0.4) is 0 Å². The van der Waals surface area contributed by atoms with Gasteiger partial charge in [-0.2, -0.15) is 0 Å². The summed E-state index contributed by atoms with van der Waals surface area (Å²) in [4.78, 5) is 36.8. The smallest absolute Gasteiger partial charge is 0.338 e. The Morgan fingerprint density at radius 2 is 1.30 bits per heavy atom. The van der Waals surface area contributed by atoms with Gasteiger partial charge in [-0.25, -0.2) is 13.6 Å². The zero-order chi connectivity index (χ0) is 21.7. The second-order valence-electron chi connectivity index (χ2n) is 6.41. The molecule has 0 fully saturated rings. The summed E-state index contributed by atoms with van der Waals surface area (Å²) in [7, 11) is 0. The molecular formula is C23H17F2NO4. The van der Waals surface area contributed by atoms with E-state index in [4.69, 9.17) is 4.74 Å². The minimum absolute atomic E-state index is 0.122. The summed E-state index contributed by atoms with van der Waals surface area (Å²) in [5.74, 6) is -3.79. The molecule has 0 saturated heterocycles. The largest absolute Gasteiger partial charge is 0.449 e. The van der Waals surface area contributed by atoms with Crippen molar-refractivity contribution in [2.45, 2.75) is 13.0 Å². The summed E-state index contributed by atoms with van der Waals surface area (Å²) in [6.45, 7) is 1.28. The minimum atomic E-state index is -1.30. The molecule has 152 valence electrons. The molecule has 0 aliphatic carbocycles. The van der Waals surface area contributed by atoms with Gasteiger partial charge in [0.15, 0.2) is 11.9 Å². The zero-order valence-electron chi connectivity index (χ0n) is 15.9. The van der Waals surface area contributed by atoms with E-state index in [-0.39, 0.29) is 11.3 Å². The number of esters is 1. The lowest BCUT2D eigenvalue weighted by molar-refractivity contribution is -0.123. The number of amides is 1. The van der Waals surface area contributed by atoms with Crippen LogP contribution in [-0.2, 0) is 9.53 Å². The van der Waals surface area contributed by atoms with Crippen molar-refractivity contribution >= 4 is 23.3 Å². The van der Waals surface area contributed by atoms with Gasteiger partial charge in [-0.1, -0.05) is 48.5 Å². The van der Waals surface area contributed by atoms with Crippen LogP contribution in [0.25, 0.3) is 0 Å². The highest BCUT2D eigenvalue weighted by Crippen LogP contribution is 2.19. The number of ether oxygens (including phenoxy) is 1. The molecule has 0 aliphatic heterocycles. The molecule has 30 heavy (non-hydrogen) atoms. The van der Waals surface area contributed by atoms with Gasteiger partial charge in [0.2, 0.25) is 0 Å². The van der Waals surface area contributed by atoms with E-state index in [2.05, 4.69) is 5.32 Å². The van der Waals surface area contributed by atoms with E-state index in [1.807, 2.05) is 0 Å². The number of ketones is 1. The van der Waals surface area contributed by atoms with Crippen molar-refractivity contribution in [1.29, 1.82) is 0 Å². The minimum Gasteiger partial charge on any atom is -0.449 e. The van der Waals surface area contributed by atoms with Crippen LogP contribution in [0.15, 0.2) is 72.8 Å². The average Bonchev–Trinajstić information content (AvgIpc) is 2.76. The first kappa shape index (κ1) is 20.9. The Morgan fingerprint density at radius 1 is 0.767 bits per heavy atom. The molecular weight excluding hydrogens is 392 g/mol. The maximum atomic E-state index is 13.6. The number of anilines is 1. The lowest BCUT2D eigenvalue weighted by Crippen LogP contribution is -2.30. The molecule has 0 spiro atoms. The molecule has 1 amide bonds. The van der Waals surface area contributed by atoms with Crippen LogP contribution in [0, 0.1) is 11.6 Å². The van der Waals surface area contributed by atoms with Crippen LogP contribution in [0.1, 0.15) is 33.2 Å². The Bertz CT molecular complexity index is 1060. The lowest BCUT2D eigenvalue weighted by atomic mass is 10.0. The number of carbonyl (C=O) groups excluding carboxylic acids is 3. The number of para-hydroxylation sites is 1. The molecule has 7 heteroatoms. The number of hydrogen-bond donors (Lipinski definition) is 1. The summed E-state index contributed by atoms with van der Waals surface area (Å²) >= 11 is 0. The van der Waals surface area contributed by atoms with Gasteiger partial charge < -0.3 is 10.1 Å².